The molecule has 3 aromatic carbocycles. The van der Waals surface area contributed by atoms with E-state index in [0.717, 1.165) is 11.1 Å². The zero-order valence-electron chi connectivity index (χ0n) is 10.6. The molecule has 0 aliphatic carbocycles. The summed E-state index contributed by atoms with van der Waals surface area (Å²) in [6, 6.07) is 34.6. The largest absolute Gasteiger partial charge is 3.00 e. The Balaban J connectivity index is 0.000000220. The van der Waals surface area contributed by atoms with Crippen LogP contribution in [0.25, 0.3) is 11.1 Å². The number of hydrogen-bond acceptors (Lipinski definition) is 0. The van der Waals surface area contributed by atoms with E-state index in [-0.39, 0.29) is 32.7 Å². The van der Waals surface area contributed by atoms with Crippen LogP contribution in [0.3, 0.4) is 0 Å². The van der Waals surface area contributed by atoms with E-state index in [2.05, 4.69) is 18.2 Å². The van der Waals surface area contributed by atoms with Crippen molar-refractivity contribution in [2.45, 2.75) is 0 Å². The molecule has 0 aromatic heterocycles. The molecule has 0 saturated heterocycles. The molecule has 0 atom stereocenters. The summed E-state index contributed by atoms with van der Waals surface area (Å²) >= 11 is 0. The summed E-state index contributed by atoms with van der Waals surface area (Å²) in [4.78, 5) is 0. The SMILES string of the molecule is [Y+3].[c-]1ccccc1.[c-]1ccccc1-c1[c-]cccc1. The first-order valence-electron chi connectivity index (χ1n) is 5.82. The molecular formula is C18H13Y. The minimum atomic E-state index is 0. The van der Waals surface area contributed by atoms with Gasteiger partial charge in [0.05, 0.1) is 0 Å². The molecule has 19 heavy (non-hydrogen) atoms. The number of benzene rings is 3. The van der Waals surface area contributed by atoms with Crippen molar-refractivity contribution in [3.8, 4) is 11.1 Å². The van der Waals surface area contributed by atoms with Gasteiger partial charge in [-0.15, -0.1) is 12.1 Å². The Morgan fingerprint density at radius 2 is 1.00 bits per heavy atom. The van der Waals surface area contributed by atoms with Crippen molar-refractivity contribution >= 4 is 0 Å². The van der Waals surface area contributed by atoms with Gasteiger partial charge in [-0.25, -0.2) is 11.1 Å². The molecule has 0 heterocycles. The van der Waals surface area contributed by atoms with Crippen LogP contribution in [0.5, 0.6) is 0 Å². The smallest absolute Gasteiger partial charge is 0.226 e. The van der Waals surface area contributed by atoms with Crippen LogP contribution in [0, 0.1) is 18.2 Å². The average molecular weight is 318 g/mol. The average Bonchev–Trinajstić information content (AvgIpc) is 2.51. The Bertz CT molecular complexity index is 468. The van der Waals surface area contributed by atoms with Crippen molar-refractivity contribution in [3.05, 3.63) is 97.1 Å². The zero-order valence-corrected chi connectivity index (χ0v) is 13.4. The fourth-order valence-corrected chi connectivity index (χ4v) is 1.46. The summed E-state index contributed by atoms with van der Waals surface area (Å²) in [7, 11) is 0. The molecule has 3 rings (SSSR count). The molecule has 0 unspecified atom stereocenters. The Hall–Kier alpha value is -1.24. The first-order chi connectivity index (χ1) is 8.97. The summed E-state index contributed by atoms with van der Waals surface area (Å²) in [5.74, 6) is 0. The summed E-state index contributed by atoms with van der Waals surface area (Å²) in [5, 5.41) is 0. The molecule has 0 radical (unpaired) electrons. The van der Waals surface area contributed by atoms with Gasteiger partial charge >= 0.3 is 32.7 Å². The van der Waals surface area contributed by atoms with Crippen molar-refractivity contribution in [1.29, 1.82) is 0 Å². The standard InChI is InChI=1S/C12H8.C6H5.Y/c1-3-7-11(8-4-1)12-9-5-2-6-10-12;1-2-4-6-5-3-1;/h1-7,9H;1-5H;/q-2;-1;+3. The van der Waals surface area contributed by atoms with Gasteiger partial charge in [0.1, 0.15) is 0 Å². The zero-order chi connectivity index (χ0) is 12.5. The summed E-state index contributed by atoms with van der Waals surface area (Å²) < 4.78 is 0. The van der Waals surface area contributed by atoms with E-state index in [1.807, 2.05) is 78.9 Å². The third-order valence-electron chi connectivity index (χ3n) is 2.32. The van der Waals surface area contributed by atoms with Gasteiger partial charge in [-0.3, -0.25) is 0 Å². The molecule has 0 fully saturated rings. The monoisotopic (exact) mass is 318 g/mol. The van der Waals surface area contributed by atoms with E-state index in [4.69, 9.17) is 0 Å². The topological polar surface area (TPSA) is 0 Å². The summed E-state index contributed by atoms with van der Waals surface area (Å²) in [5.41, 5.74) is 2.19. The second-order valence-electron chi connectivity index (χ2n) is 3.63. The van der Waals surface area contributed by atoms with Gasteiger partial charge in [0.2, 0.25) is 0 Å². The quantitative estimate of drug-likeness (QED) is 0.582. The summed E-state index contributed by atoms with van der Waals surface area (Å²) in [6.07, 6.45) is 0. The second kappa shape index (κ2) is 9.66. The van der Waals surface area contributed by atoms with Gasteiger partial charge in [0.15, 0.2) is 0 Å². The first kappa shape index (κ1) is 15.8. The van der Waals surface area contributed by atoms with Crippen LogP contribution in [-0.4, -0.2) is 0 Å². The third kappa shape index (κ3) is 5.96. The van der Waals surface area contributed by atoms with Crippen LogP contribution >= 0.6 is 0 Å². The molecule has 1 heteroatoms. The van der Waals surface area contributed by atoms with Gasteiger partial charge in [0.25, 0.3) is 0 Å². The van der Waals surface area contributed by atoms with E-state index >= 15 is 0 Å². The van der Waals surface area contributed by atoms with E-state index in [9.17, 15) is 0 Å². The predicted octanol–water partition coefficient (Wildman–Crippen LogP) is 4.44. The number of hydrogen-bond donors (Lipinski definition) is 0. The molecule has 0 nitrogen and oxygen atoms in total. The molecule has 0 N–H and O–H groups in total. The molecule has 88 valence electrons. The van der Waals surface area contributed by atoms with E-state index in [1.165, 1.54) is 0 Å². The maximum atomic E-state index is 3.15. The second-order valence-corrected chi connectivity index (χ2v) is 3.63. The molecule has 0 amide bonds. The normalized spacial score (nSPS) is 8.63. The van der Waals surface area contributed by atoms with Crippen LogP contribution in [0.1, 0.15) is 0 Å². The van der Waals surface area contributed by atoms with Gasteiger partial charge in [-0.2, -0.15) is 84.9 Å². The van der Waals surface area contributed by atoms with Crippen molar-refractivity contribution in [3.63, 3.8) is 0 Å². The van der Waals surface area contributed by atoms with Gasteiger partial charge in [-0.05, 0) is 0 Å². The maximum absolute atomic E-state index is 3.15. The van der Waals surface area contributed by atoms with Crippen molar-refractivity contribution in [1.82, 2.24) is 0 Å². The van der Waals surface area contributed by atoms with Crippen LogP contribution in [0.2, 0.25) is 0 Å². The fraction of sp³-hybridized carbons (Fsp3) is 0. The molecule has 0 aliphatic heterocycles. The molecule has 3 aromatic rings. The Kier molecular flexibility index (Phi) is 8.05. The Labute approximate surface area is 140 Å². The van der Waals surface area contributed by atoms with Crippen molar-refractivity contribution < 1.29 is 32.7 Å². The Morgan fingerprint density at radius 1 is 0.526 bits per heavy atom. The van der Waals surface area contributed by atoms with Crippen molar-refractivity contribution in [2.24, 2.45) is 0 Å². The van der Waals surface area contributed by atoms with Crippen LogP contribution in [0.4, 0.5) is 0 Å². The van der Waals surface area contributed by atoms with Gasteiger partial charge < -0.3 is 0 Å². The van der Waals surface area contributed by atoms with E-state index < -0.39 is 0 Å². The Morgan fingerprint density at radius 3 is 1.26 bits per heavy atom. The van der Waals surface area contributed by atoms with E-state index in [0.29, 0.717) is 0 Å². The minimum Gasteiger partial charge on any atom is -0.226 e. The fourth-order valence-electron chi connectivity index (χ4n) is 1.46. The first-order valence-corrected chi connectivity index (χ1v) is 5.82. The molecule has 0 aliphatic rings. The molecule has 0 bridgehead atoms. The molecular weight excluding hydrogens is 305 g/mol. The van der Waals surface area contributed by atoms with Crippen LogP contribution < -0.4 is 0 Å². The third-order valence-corrected chi connectivity index (χ3v) is 2.32. The van der Waals surface area contributed by atoms with Gasteiger partial charge in [0, 0.05) is 0 Å². The van der Waals surface area contributed by atoms with E-state index in [1.54, 1.807) is 0 Å². The maximum Gasteiger partial charge on any atom is 3.00 e. The molecule has 0 spiro atoms. The number of rotatable bonds is 1. The van der Waals surface area contributed by atoms with Crippen molar-refractivity contribution in [2.75, 3.05) is 0 Å². The van der Waals surface area contributed by atoms with Crippen LogP contribution in [-0.2, 0) is 32.7 Å². The minimum absolute atomic E-state index is 0. The van der Waals surface area contributed by atoms with Gasteiger partial charge in [-0.1, -0.05) is 0 Å². The van der Waals surface area contributed by atoms with Crippen LogP contribution in [0.15, 0.2) is 78.9 Å². The predicted molar refractivity (Wildman–Crippen MR) is 74.8 cm³/mol. The summed E-state index contributed by atoms with van der Waals surface area (Å²) in [6.45, 7) is 0. The molecule has 0 saturated carbocycles.